The standard InChI is InChI=1S/C14H22N4S/c1-8(2)6-18(5)7-11-16-13(15)12-9(3)10(4)19-14(12)17-11/h8H,6-7H2,1-5H3,(H2,15,16,17). The molecule has 2 aromatic rings. The van der Waals surface area contributed by atoms with E-state index in [4.69, 9.17) is 5.73 Å². The molecule has 104 valence electrons. The predicted octanol–water partition coefficient (Wildman–Crippen LogP) is 2.98. The fourth-order valence-corrected chi connectivity index (χ4v) is 3.38. The highest BCUT2D eigenvalue weighted by Gasteiger charge is 2.13. The van der Waals surface area contributed by atoms with Crippen LogP contribution in [0.15, 0.2) is 0 Å². The smallest absolute Gasteiger partial charge is 0.146 e. The second-order valence-electron chi connectivity index (χ2n) is 5.58. The second kappa shape index (κ2) is 5.43. The SMILES string of the molecule is Cc1sc2nc(CN(C)CC(C)C)nc(N)c2c1C. The molecule has 2 N–H and O–H groups in total. The van der Waals surface area contributed by atoms with Crippen molar-refractivity contribution in [3.63, 3.8) is 0 Å². The number of aryl methyl sites for hydroxylation is 2. The fraction of sp³-hybridized carbons (Fsp3) is 0.571. The molecule has 0 unspecified atom stereocenters. The molecule has 5 heteroatoms. The van der Waals surface area contributed by atoms with E-state index in [-0.39, 0.29) is 0 Å². The Kier molecular flexibility index (Phi) is 4.06. The van der Waals surface area contributed by atoms with Crippen LogP contribution in [0, 0.1) is 19.8 Å². The van der Waals surface area contributed by atoms with Crippen molar-refractivity contribution in [1.29, 1.82) is 0 Å². The van der Waals surface area contributed by atoms with Crippen LogP contribution in [0.25, 0.3) is 10.2 Å². The van der Waals surface area contributed by atoms with Gasteiger partial charge in [0.05, 0.1) is 11.9 Å². The van der Waals surface area contributed by atoms with Gasteiger partial charge >= 0.3 is 0 Å². The van der Waals surface area contributed by atoms with E-state index in [1.54, 1.807) is 11.3 Å². The van der Waals surface area contributed by atoms with Crippen molar-refractivity contribution >= 4 is 27.4 Å². The van der Waals surface area contributed by atoms with Gasteiger partial charge in [-0.05, 0) is 32.4 Å². The molecule has 0 aromatic carbocycles. The van der Waals surface area contributed by atoms with Crippen molar-refractivity contribution < 1.29 is 0 Å². The van der Waals surface area contributed by atoms with Crippen molar-refractivity contribution in [2.45, 2.75) is 34.2 Å². The summed E-state index contributed by atoms with van der Waals surface area (Å²) in [4.78, 5) is 13.6. The third-order valence-electron chi connectivity index (χ3n) is 3.19. The molecule has 2 rings (SSSR count). The zero-order valence-corrected chi connectivity index (χ0v) is 13.1. The van der Waals surface area contributed by atoms with Crippen LogP contribution in [0.2, 0.25) is 0 Å². The Morgan fingerprint density at radius 2 is 1.95 bits per heavy atom. The summed E-state index contributed by atoms with van der Waals surface area (Å²) >= 11 is 1.70. The van der Waals surface area contributed by atoms with Crippen LogP contribution in [-0.2, 0) is 6.54 Å². The van der Waals surface area contributed by atoms with Crippen LogP contribution < -0.4 is 5.73 Å². The largest absolute Gasteiger partial charge is 0.383 e. The molecular formula is C14H22N4S. The lowest BCUT2D eigenvalue weighted by molar-refractivity contribution is 0.282. The number of hydrogen-bond donors (Lipinski definition) is 1. The van der Waals surface area contributed by atoms with Gasteiger partial charge in [-0.2, -0.15) is 0 Å². The van der Waals surface area contributed by atoms with Crippen molar-refractivity contribution in [2.24, 2.45) is 5.92 Å². The maximum Gasteiger partial charge on any atom is 0.146 e. The van der Waals surface area contributed by atoms with Gasteiger partial charge in [-0.15, -0.1) is 11.3 Å². The number of nitrogen functional groups attached to an aromatic ring is 1. The Labute approximate surface area is 118 Å². The van der Waals surface area contributed by atoms with E-state index in [0.717, 1.165) is 29.1 Å². The van der Waals surface area contributed by atoms with Gasteiger partial charge in [0, 0.05) is 11.4 Å². The molecule has 0 atom stereocenters. The molecule has 0 aliphatic rings. The minimum absolute atomic E-state index is 0.611. The van der Waals surface area contributed by atoms with Crippen LogP contribution >= 0.6 is 11.3 Å². The number of rotatable bonds is 4. The van der Waals surface area contributed by atoms with E-state index in [1.807, 2.05) is 0 Å². The Morgan fingerprint density at radius 3 is 2.58 bits per heavy atom. The summed E-state index contributed by atoms with van der Waals surface area (Å²) < 4.78 is 0. The van der Waals surface area contributed by atoms with Gasteiger partial charge in [0.2, 0.25) is 0 Å². The first kappa shape index (κ1) is 14.2. The van der Waals surface area contributed by atoms with E-state index < -0.39 is 0 Å². The lowest BCUT2D eigenvalue weighted by Gasteiger charge is -2.17. The number of aromatic nitrogens is 2. The van der Waals surface area contributed by atoms with Gasteiger partial charge in [-0.1, -0.05) is 13.8 Å². The number of hydrogen-bond acceptors (Lipinski definition) is 5. The predicted molar refractivity (Wildman–Crippen MR) is 82.5 cm³/mol. The molecule has 2 aromatic heterocycles. The normalized spacial score (nSPS) is 11.9. The number of anilines is 1. The van der Waals surface area contributed by atoms with Gasteiger partial charge in [0.25, 0.3) is 0 Å². The maximum absolute atomic E-state index is 6.09. The molecule has 0 bridgehead atoms. The second-order valence-corrected chi connectivity index (χ2v) is 6.78. The van der Waals surface area contributed by atoms with Gasteiger partial charge < -0.3 is 5.73 Å². The van der Waals surface area contributed by atoms with E-state index in [0.29, 0.717) is 11.7 Å². The third kappa shape index (κ3) is 3.04. The summed E-state index contributed by atoms with van der Waals surface area (Å²) in [5, 5.41) is 1.03. The molecule has 0 aliphatic heterocycles. The number of fused-ring (bicyclic) bond motifs is 1. The zero-order valence-electron chi connectivity index (χ0n) is 12.3. The highest BCUT2D eigenvalue weighted by atomic mass is 32.1. The van der Waals surface area contributed by atoms with Crippen molar-refractivity contribution in [2.75, 3.05) is 19.3 Å². The van der Waals surface area contributed by atoms with E-state index >= 15 is 0 Å². The zero-order chi connectivity index (χ0) is 14.2. The Balaban J connectivity index is 2.31. The minimum atomic E-state index is 0.611. The highest BCUT2D eigenvalue weighted by molar-refractivity contribution is 7.18. The topological polar surface area (TPSA) is 55.0 Å². The third-order valence-corrected chi connectivity index (χ3v) is 4.29. The summed E-state index contributed by atoms with van der Waals surface area (Å²) in [7, 11) is 2.09. The maximum atomic E-state index is 6.09. The molecule has 0 saturated carbocycles. The molecule has 0 radical (unpaired) electrons. The van der Waals surface area contributed by atoms with Crippen LogP contribution in [0.4, 0.5) is 5.82 Å². The summed E-state index contributed by atoms with van der Waals surface area (Å²) in [5.74, 6) is 2.06. The summed E-state index contributed by atoms with van der Waals surface area (Å²) in [6.45, 7) is 10.4. The number of thiophene rings is 1. The van der Waals surface area contributed by atoms with Crippen molar-refractivity contribution in [3.8, 4) is 0 Å². The molecule has 0 aliphatic carbocycles. The summed E-state index contributed by atoms with van der Waals surface area (Å²) in [6.07, 6.45) is 0. The molecule has 0 saturated heterocycles. The first-order valence-electron chi connectivity index (χ1n) is 6.59. The van der Waals surface area contributed by atoms with E-state index in [2.05, 4.69) is 49.6 Å². The Hall–Kier alpha value is -1.20. The van der Waals surface area contributed by atoms with Gasteiger partial charge in [-0.25, -0.2) is 9.97 Å². The highest BCUT2D eigenvalue weighted by Crippen LogP contribution is 2.31. The minimum Gasteiger partial charge on any atom is -0.383 e. The van der Waals surface area contributed by atoms with Crippen molar-refractivity contribution in [3.05, 3.63) is 16.3 Å². The van der Waals surface area contributed by atoms with E-state index in [9.17, 15) is 0 Å². The van der Waals surface area contributed by atoms with Gasteiger partial charge in [0.1, 0.15) is 16.5 Å². The molecule has 19 heavy (non-hydrogen) atoms. The van der Waals surface area contributed by atoms with Gasteiger partial charge in [0.15, 0.2) is 0 Å². The number of nitrogens with zero attached hydrogens (tertiary/aromatic N) is 3. The molecule has 0 amide bonds. The molecule has 4 nitrogen and oxygen atoms in total. The van der Waals surface area contributed by atoms with Gasteiger partial charge in [-0.3, -0.25) is 4.90 Å². The fourth-order valence-electron chi connectivity index (χ4n) is 2.33. The Bertz CT molecular complexity index is 589. The molecular weight excluding hydrogens is 256 g/mol. The summed E-state index contributed by atoms with van der Waals surface area (Å²) in [5.41, 5.74) is 7.29. The monoisotopic (exact) mass is 278 g/mol. The lowest BCUT2D eigenvalue weighted by atomic mass is 10.2. The van der Waals surface area contributed by atoms with Crippen LogP contribution in [0.5, 0.6) is 0 Å². The lowest BCUT2D eigenvalue weighted by Crippen LogP contribution is -2.24. The first-order chi connectivity index (χ1) is 8.88. The average Bonchev–Trinajstić information content (AvgIpc) is 2.53. The Morgan fingerprint density at radius 1 is 1.26 bits per heavy atom. The quantitative estimate of drug-likeness (QED) is 0.934. The molecule has 0 spiro atoms. The van der Waals surface area contributed by atoms with Crippen molar-refractivity contribution in [1.82, 2.24) is 14.9 Å². The number of nitrogens with two attached hydrogens (primary N) is 1. The molecule has 0 fully saturated rings. The molecule has 2 heterocycles. The average molecular weight is 278 g/mol. The first-order valence-corrected chi connectivity index (χ1v) is 7.40. The van der Waals surface area contributed by atoms with Crippen LogP contribution in [0.1, 0.15) is 30.1 Å². The van der Waals surface area contributed by atoms with Crippen LogP contribution in [0.3, 0.4) is 0 Å². The summed E-state index contributed by atoms with van der Waals surface area (Å²) in [6, 6.07) is 0. The van der Waals surface area contributed by atoms with Crippen LogP contribution in [-0.4, -0.2) is 28.5 Å². The van der Waals surface area contributed by atoms with E-state index in [1.165, 1.54) is 10.4 Å².